The number of hydrogen-bond donors (Lipinski definition) is 1. The highest BCUT2D eigenvalue weighted by molar-refractivity contribution is 7.99. The van der Waals surface area contributed by atoms with E-state index in [0.717, 1.165) is 28.3 Å². The van der Waals surface area contributed by atoms with E-state index >= 15 is 0 Å². The Morgan fingerprint density at radius 2 is 1.77 bits per heavy atom. The number of carbonyl (C=O) groups is 1. The normalized spacial score (nSPS) is 15.1. The van der Waals surface area contributed by atoms with Crippen LogP contribution in [0.1, 0.15) is 24.0 Å². The van der Waals surface area contributed by atoms with Crippen LogP contribution in [0.3, 0.4) is 0 Å². The van der Waals surface area contributed by atoms with Gasteiger partial charge in [0.25, 0.3) is 0 Å². The number of nitrogens with zero attached hydrogens (tertiary/aromatic N) is 1. The largest absolute Gasteiger partial charge is 1.00 e. The lowest BCUT2D eigenvalue weighted by atomic mass is 10.1. The Morgan fingerprint density at radius 3 is 2.40 bits per heavy atom. The third-order valence-corrected chi connectivity index (χ3v) is 7.15. The van der Waals surface area contributed by atoms with Crippen molar-refractivity contribution in [3.8, 4) is 0 Å². The van der Waals surface area contributed by atoms with Crippen LogP contribution in [0, 0.1) is 0 Å². The quantitative estimate of drug-likeness (QED) is 0.503. The molecule has 0 unspecified atom stereocenters. The number of nitrogens with one attached hydrogen (secondary N) is 1. The highest BCUT2D eigenvalue weighted by atomic mass is 35.5. The predicted octanol–water partition coefficient (Wildman–Crippen LogP) is 3.12. The van der Waals surface area contributed by atoms with Gasteiger partial charge in [0.2, 0.25) is 5.91 Å². The molecule has 3 nitrogen and oxygen atoms in total. The molecule has 0 atom stereocenters. The highest BCUT2D eigenvalue weighted by Crippen LogP contribution is 2.27. The van der Waals surface area contributed by atoms with Gasteiger partial charge in [0.05, 0.1) is 30.2 Å². The number of amides is 1. The molecule has 7 heteroatoms. The Kier molecular flexibility index (Phi) is 9.58. The molecule has 0 aromatic heterocycles. The second-order valence-electron chi connectivity index (χ2n) is 7.97. The van der Waals surface area contributed by atoms with E-state index in [9.17, 15) is 4.79 Å². The first-order chi connectivity index (χ1) is 13.8. The van der Waals surface area contributed by atoms with Crippen LogP contribution >= 0.6 is 35.0 Å². The molecular formula is C23H27Cl3N2OS. The molecule has 1 aliphatic heterocycles. The molecule has 0 radical (unpaired) electrons. The summed E-state index contributed by atoms with van der Waals surface area (Å²) in [4.78, 5) is 12.2. The number of halogens is 3. The summed E-state index contributed by atoms with van der Waals surface area (Å²) >= 11 is 14.0. The van der Waals surface area contributed by atoms with E-state index in [1.54, 1.807) is 18.2 Å². The minimum Gasteiger partial charge on any atom is -1.00 e. The van der Waals surface area contributed by atoms with Crippen molar-refractivity contribution in [2.24, 2.45) is 0 Å². The van der Waals surface area contributed by atoms with Crippen LogP contribution in [0.2, 0.25) is 10.0 Å². The van der Waals surface area contributed by atoms with Gasteiger partial charge < -0.3 is 22.2 Å². The zero-order valence-electron chi connectivity index (χ0n) is 17.2. The van der Waals surface area contributed by atoms with E-state index in [4.69, 9.17) is 23.2 Å². The zero-order valence-corrected chi connectivity index (χ0v) is 20.3. The summed E-state index contributed by atoms with van der Waals surface area (Å²) in [5.74, 6) is 2.36. The molecule has 0 spiro atoms. The maximum atomic E-state index is 12.2. The average Bonchev–Trinajstić information content (AvgIpc) is 2.71. The Hall–Kier alpha value is -1.17. The average molecular weight is 486 g/mol. The number of hydrogen-bond acceptors (Lipinski definition) is 2. The zero-order chi connectivity index (χ0) is 20.9. The maximum Gasteiger partial charge on any atom is 0.248 e. The Labute approximate surface area is 199 Å². The van der Waals surface area contributed by atoms with Gasteiger partial charge in [-0.3, -0.25) is 4.79 Å². The molecule has 1 heterocycles. The molecule has 0 saturated carbocycles. The van der Waals surface area contributed by atoms with Crippen molar-refractivity contribution in [1.82, 2.24) is 0 Å². The van der Waals surface area contributed by atoms with E-state index in [-0.39, 0.29) is 18.3 Å². The lowest BCUT2D eigenvalue weighted by Gasteiger charge is -2.40. The molecule has 1 saturated heterocycles. The van der Waals surface area contributed by atoms with Crippen molar-refractivity contribution in [1.29, 1.82) is 0 Å². The minimum atomic E-state index is -0.181. The summed E-state index contributed by atoms with van der Waals surface area (Å²) in [5.41, 5.74) is 2.90. The van der Waals surface area contributed by atoms with Gasteiger partial charge in [-0.05, 0) is 47.4 Å². The molecule has 2 aromatic carbocycles. The lowest BCUT2D eigenvalue weighted by Crippen LogP contribution is -3.00. The number of carbonyl (C=O) groups excluding carboxylic acids is 1. The van der Waals surface area contributed by atoms with Crippen molar-refractivity contribution in [3.05, 3.63) is 69.7 Å². The van der Waals surface area contributed by atoms with E-state index in [1.807, 2.05) is 18.2 Å². The van der Waals surface area contributed by atoms with Gasteiger partial charge in [-0.15, -0.1) is 0 Å². The van der Waals surface area contributed by atoms with Crippen LogP contribution in [0.4, 0.5) is 5.69 Å². The van der Waals surface area contributed by atoms with Crippen molar-refractivity contribution in [2.75, 3.05) is 30.9 Å². The summed E-state index contributed by atoms with van der Waals surface area (Å²) in [6, 6.07) is 14.1. The molecule has 1 N–H and O–H groups in total. The van der Waals surface area contributed by atoms with Crippen LogP contribution in [-0.4, -0.2) is 42.0 Å². The Morgan fingerprint density at radius 1 is 1.10 bits per heavy atom. The van der Waals surface area contributed by atoms with E-state index in [1.165, 1.54) is 36.0 Å². The minimum absolute atomic E-state index is 0. The van der Waals surface area contributed by atoms with Crippen LogP contribution in [0.5, 0.6) is 0 Å². The SMILES string of the molecule is C[N+](C)(Cc1ccc(NC(=O)C=Cc2ccc(Cl)c(Cl)c2)cc1)C1CCSCC1.[Cl-]. The lowest BCUT2D eigenvalue weighted by molar-refractivity contribution is -0.928. The van der Waals surface area contributed by atoms with E-state index in [0.29, 0.717) is 10.0 Å². The van der Waals surface area contributed by atoms with Gasteiger partial charge >= 0.3 is 0 Å². The molecule has 30 heavy (non-hydrogen) atoms. The van der Waals surface area contributed by atoms with Crippen LogP contribution in [-0.2, 0) is 11.3 Å². The number of anilines is 1. The molecule has 2 aromatic rings. The fraction of sp³-hybridized carbons (Fsp3) is 0.348. The Bertz CT molecular complexity index is 879. The van der Waals surface area contributed by atoms with Gasteiger partial charge in [-0.25, -0.2) is 0 Å². The predicted molar refractivity (Wildman–Crippen MR) is 127 cm³/mol. The molecule has 1 amide bonds. The summed E-state index contributed by atoms with van der Waals surface area (Å²) < 4.78 is 1.01. The first kappa shape index (κ1) is 25.1. The topological polar surface area (TPSA) is 29.1 Å². The van der Waals surface area contributed by atoms with Gasteiger partial charge in [-0.2, -0.15) is 11.8 Å². The molecule has 0 aliphatic carbocycles. The maximum absolute atomic E-state index is 12.2. The molecular weight excluding hydrogens is 459 g/mol. The van der Waals surface area contributed by atoms with E-state index in [2.05, 4.69) is 43.3 Å². The van der Waals surface area contributed by atoms with Gasteiger partial charge in [0.15, 0.2) is 0 Å². The van der Waals surface area contributed by atoms with Crippen molar-refractivity contribution < 1.29 is 21.7 Å². The molecule has 1 aliphatic rings. The second kappa shape index (κ2) is 11.4. The standard InChI is InChI=1S/C23H26Cl2N2OS.ClH/c1-27(2,20-11-13-29-14-12-20)16-18-3-7-19(8-4-18)26-23(28)10-6-17-5-9-21(24)22(25)15-17;/h3-10,15,20H,11-14,16H2,1-2H3;1H. The number of quaternary nitrogens is 1. The molecule has 3 rings (SSSR count). The summed E-state index contributed by atoms with van der Waals surface area (Å²) in [6.07, 6.45) is 5.79. The van der Waals surface area contributed by atoms with E-state index < -0.39 is 0 Å². The van der Waals surface area contributed by atoms with Gasteiger partial charge in [0, 0.05) is 30.2 Å². The first-order valence-electron chi connectivity index (χ1n) is 9.77. The van der Waals surface area contributed by atoms with Crippen molar-refractivity contribution >= 4 is 52.6 Å². The number of benzene rings is 2. The van der Waals surface area contributed by atoms with Crippen LogP contribution in [0.15, 0.2) is 48.5 Å². The van der Waals surface area contributed by atoms with Crippen molar-refractivity contribution in [3.63, 3.8) is 0 Å². The summed E-state index contributed by atoms with van der Waals surface area (Å²) in [6.45, 7) is 1.00. The number of rotatable bonds is 6. The van der Waals surface area contributed by atoms with Crippen LogP contribution < -0.4 is 17.7 Å². The Balaban J connectivity index is 0.00000320. The first-order valence-corrected chi connectivity index (χ1v) is 11.7. The van der Waals surface area contributed by atoms with Gasteiger partial charge in [-0.1, -0.05) is 41.4 Å². The van der Waals surface area contributed by atoms with Crippen molar-refractivity contribution in [2.45, 2.75) is 25.4 Å². The third kappa shape index (κ3) is 7.21. The highest BCUT2D eigenvalue weighted by Gasteiger charge is 2.29. The molecule has 1 fully saturated rings. The number of thioether (sulfide) groups is 1. The summed E-state index contributed by atoms with van der Waals surface area (Å²) in [5, 5.41) is 3.87. The fourth-order valence-electron chi connectivity index (χ4n) is 3.65. The van der Waals surface area contributed by atoms with Crippen LogP contribution in [0.25, 0.3) is 6.08 Å². The molecule has 162 valence electrons. The second-order valence-corrected chi connectivity index (χ2v) is 10.0. The van der Waals surface area contributed by atoms with Gasteiger partial charge in [0.1, 0.15) is 6.54 Å². The summed E-state index contributed by atoms with van der Waals surface area (Å²) in [7, 11) is 4.65. The fourth-order valence-corrected chi connectivity index (χ4v) is 5.04. The smallest absolute Gasteiger partial charge is 0.248 e. The molecule has 0 bridgehead atoms. The third-order valence-electron chi connectivity index (χ3n) is 5.36. The monoisotopic (exact) mass is 484 g/mol.